The number of hydrogen-bond donors (Lipinski definition) is 2. The van der Waals surface area contributed by atoms with Crippen molar-refractivity contribution in [2.24, 2.45) is 0 Å². The maximum atomic E-state index is 10.4. The van der Waals surface area contributed by atoms with Crippen molar-refractivity contribution in [3.8, 4) is 0 Å². The fourth-order valence-electron chi connectivity index (χ4n) is 0.783. The van der Waals surface area contributed by atoms with Gasteiger partial charge in [0.05, 0.1) is 5.56 Å². The van der Waals surface area contributed by atoms with E-state index in [1.807, 2.05) is 0 Å². The Labute approximate surface area is 68.0 Å². The summed E-state index contributed by atoms with van der Waals surface area (Å²) in [4.78, 5) is 20.7. The van der Waals surface area contributed by atoms with Gasteiger partial charge in [0.2, 0.25) is 5.76 Å². The third-order valence-corrected chi connectivity index (χ3v) is 1.33. The van der Waals surface area contributed by atoms with Gasteiger partial charge < -0.3 is 14.8 Å². The molecule has 1 rings (SSSR count). The Morgan fingerprint density at radius 2 is 2.42 bits per heavy atom. The Morgan fingerprint density at radius 1 is 1.75 bits per heavy atom. The van der Waals surface area contributed by atoms with Crippen LogP contribution in [0.4, 0.5) is 5.88 Å². The minimum absolute atomic E-state index is 0.0341. The van der Waals surface area contributed by atoms with Gasteiger partial charge in [-0.05, 0) is 0 Å². The second kappa shape index (κ2) is 3.08. The molecular formula is C7H7NO4. The number of aromatic carboxylic acids is 1. The summed E-state index contributed by atoms with van der Waals surface area (Å²) in [5.41, 5.74) is 0.0341. The number of anilines is 1. The molecule has 0 saturated heterocycles. The molecule has 0 aliphatic heterocycles. The van der Waals surface area contributed by atoms with E-state index in [1.165, 1.54) is 6.07 Å². The molecule has 64 valence electrons. The molecule has 2 N–H and O–H groups in total. The zero-order valence-corrected chi connectivity index (χ0v) is 6.33. The van der Waals surface area contributed by atoms with Crippen molar-refractivity contribution in [3.63, 3.8) is 0 Å². The van der Waals surface area contributed by atoms with Gasteiger partial charge in [-0.1, -0.05) is 0 Å². The van der Waals surface area contributed by atoms with E-state index < -0.39 is 5.97 Å². The molecule has 0 fully saturated rings. The highest BCUT2D eigenvalue weighted by Gasteiger charge is 2.15. The Hall–Kier alpha value is -1.78. The summed E-state index contributed by atoms with van der Waals surface area (Å²) in [5.74, 6) is -1.33. The third-order valence-electron chi connectivity index (χ3n) is 1.33. The van der Waals surface area contributed by atoms with E-state index >= 15 is 0 Å². The first kappa shape index (κ1) is 8.32. The maximum absolute atomic E-state index is 10.4. The predicted molar refractivity (Wildman–Crippen MR) is 40.6 cm³/mol. The fourth-order valence-corrected chi connectivity index (χ4v) is 0.783. The molecule has 12 heavy (non-hydrogen) atoms. The molecule has 1 heterocycles. The largest absolute Gasteiger partial charge is 0.475 e. The average molecular weight is 169 g/mol. The average Bonchev–Trinajstić information content (AvgIpc) is 2.47. The van der Waals surface area contributed by atoms with Crippen molar-refractivity contribution in [3.05, 3.63) is 17.4 Å². The lowest BCUT2D eigenvalue weighted by Crippen LogP contribution is -1.97. The Bertz CT molecular complexity index is 315. The van der Waals surface area contributed by atoms with E-state index in [0.717, 1.165) is 0 Å². The minimum atomic E-state index is -1.25. The number of aldehydes is 1. The van der Waals surface area contributed by atoms with Crippen molar-refractivity contribution in [1.82, 2.24) is 0 Å². The van der Waals surface area contributed by atoms with Crippen LogP contribution in [-0.4, -0.2) is 24.4 Å². The molecule has 0 spiro atoms. The normalized spacial score (nSPS) is 9.42. The van der Waals surface area contributed by atoms with Crippen LogP contribution < -0.4 is 5.32 Å². The highest BCUT2D eigenvalue weighted by Crippen LogP contribution is 2.17. The predicted octanol–water partition coefficient (Wildman–Crippen LogP) is 0.832. The number of nitrogens with one attached hydrogen (secondary N) is 1. The molecule has 0 saturated carbocycles. The van der Waals surface area contributed by atoms with Gasteiger partial charge in [0, 0.05) is 13.1 Å². The van der Waals surface area contributed by atoms with Gasteiger partial charge in [0.15, 0.2) is 12.2 Å². The first-order chi connectivity index (χ1) is 5.69. The van der Waals surface area contributed by atoms with Crippen LogP contribution in [0.25, 0.3) is 0 Å². The second-order valence-electron chi connectivity index (χ2n) is 2.07. The van der Waals surface area contributed by atoms with Gasteiger partial charge in [0.1, 0.15) is 0 Å². The summed E-state index contributed by atoms with van der Waals surface area (Å²) in [5, 5.41) is 11.1. The second-order valence-corrected chi connectivity index (χ2v) is 2.07. The molecule has 0 atom stereocenters. The summed E-state index contributed by atoms with van der Waals surface area (Å²) in [6, 6.07) is 1.33. The van der Waals surface area contributed by atoms with Crippen molar-refractivity contribution in [2.45, 2.75) is 0 Å². The highest BCUT2D eigenvalue weighted by atomic mass is 16.4. The number of furan rings is 1. The summed E-state index contributed by atoms with van der Waals surface area (Å²) >= 11 is 0. The van der Waals surface area contributed by atoms with Crippen molar-refractivity contribution < 1.29 is 19.1 Å². The lowest BCUT2D eigenvalue weighted by molar-refractivity contribution is 0.0660. The van der Waals surface area contributed by atoms with Crippen LogP contribution in [0.1, 0.15) is 20.9 Å². The van der Waals surface area contributed by atoms with Crippen LogP contribution >= 0.6 is 0 Å². The van der Waals surface area contributed by atoms with Gasteiger partial charge in [-0.25, -0.2) is 4.79 Å². The van der Waals surface area contributed by atoms with E-state index in [9.17, 15) is 9.59 Å². The summed E-state index contributed by atoms with van der Waals surface area (Å²) in [6.45, 7) is 0. The molecule has 0 aliphatic carbocycles. The highest BCUT2D eigenvalue weighted by molar-refractivity contribution is 5.95. The van der Waals surface area contributed by atoms with Crippen molar-refractivity contribution in [1.29, 1.82) is 0 Å². The number of carbonyl (C=O) groups is 2. The summed E-state index contributed by atoms with van der Waals surface area (Å²) in [6.07, 6.45) is 0.438. The van der Waals surface area contributed by atoms with Crippen LogP contribution in [0.5, 0.6) is 0 Å². The number of hydrogen-bond acceptors (Lipinski definition) is 4. The van der Waals surface area contributed by atoms with Gasteiger partial charge in [0.25, 0.3) is 0 Å². The SMILES string of the molecule is CNc1cc(C=O)c(C(=O)O)o1. The molecule has 0 amide bonds. The molecule has 1 aromatic heterocycles. The van der Waals surface area contributed by atoms with E-state index in [-0.39, 0.29) is 17.2 Å². The first-order valence-corrected chi connectivity index (χ1v) is 3.19. The topological polar surface area (TPSA) is 79.5 Å². The van der Waals surface area contributed by atoms with Crippen molar-refractivity contribution >= 4 is 18.1 Å². The summed E-state index contributed by atoms with van der Waals surface area (Å²) < 4.78 is 4.77. The van der Waals surface area contributed by atoms with Gasteiger partial charge in [-0.15, -0.1) is 0 Å². The van der Waals surface area contributed by atoms with E-state index in [1.54, 1.807) is 7.05 Å². The maximum Gasteiger partial charge on any atom is 0.372 e. The first-order valence-electron chi connectivity index (χ1n) is 3.19. The zero-order valence-electron chi connectivity index (χ0n) is 6.33. The molecular weight excluding hydrogens is 162 g/mol. The molecule has 0 aliphatic rings. The van der Waals surface area contributed by atoms with Gasteiger partial charge >= 0.3 is 5.97 Å². The van der Waals surface area contributed by atoms with Crippen LogP contribution in [0.15, 0.2) is 10.5 Å². The molecule has 5 nitrogen and oxygen atoms in total. The van der Waals surface area contributed by atoms with Crippen LogP contribution in [-0.2, 0) is 0 Å². The van der Waals surface area contributed by atoms with Gasteiger partial charge in [-0.3, -0.25) is 4.79 Å². The molecule has 1 aromatic rings. The quantitative estimate of drug-likeness (QED) is 0.655. The number of carboxylic acids is 1. The zero-order chi connectivity index (χ0) is 9.14. The Morgan fingerprint density at radius 3 is 2.75 bits per heavy atom. The molecule has 0 bridgehead atoms. The summed E-state index contributed by atoms with van der Waals surface area (Å²) in [7, 11) is 1.57. The minimum Gasteiger partial charge on any atom is -0.475 e. The van der Waals surface area contributed by atoms with E-state index in [2.05, 4.69) is 5.32 Å². The fraction of sp³-hybridized carbons (Fsp3) is 0.143. The number of carboxylic acid groups (broad SMARTS) is 1. The van der Waals surface area contributed by atoms with Gasteiger partial charge in [-0.2, -0.15) is 0 Å². The molecule has 0 unspecified atom stereocenters. The smallest absolute Gasteiger partial charge is 0.372 e. The molecule has 0 radical (unpaired) electrons. The van der Waals surface area contributed by atoms with Crippen LogP contribution in [0, 0.1) is 0 Å². The van der Waals surface area contributed by atoms with E-state index in [0.29, 0.717) is 6.29 Å². The molecule has 5 heteroatoms. The Balaban J connectivity index is 3.16. The lowest BCUT2D eigenvalue weighted by Gasteiger charge is -1.89. The Kier molecular flexibility index (Phi) is 2.14. The van der Waals surface area contributed by atoms with Crippen LogP contribution in [0.2, 0.25) is 0 Å². The standard InChI is InChI=1S/C7H7NO4/c1-8-5-2-4(3-9)6(12-5)7(10)11/h2-3,8H,1H3,(H,10,11). The number of rotatable bonds is 3. The lowest BCUT2D eigenvalue weighted by atomic mass is 10.3. The number of carbonyl (C=O) groups excluding carboxylic acids is 1. The molecule has 0 aromatic carbocycles. The third kappa shape index (κ3) is 1.29. The van der Waals surface area contributed by atoms with Crippen molar-refractivity contribution in [2.75, 3.05) is 12.4 Å². The van der Waals surface area contributed by atoms with Crippen LogP contribution in [0.3, 0.4) is 0 Å². The monoisotopic (exact) mass is 169 g/mol. The van der Waals surface area contributed by atoms with E-state index in [4.69, 9.17) is 9.52 Å².